The fraction of sp³-hybridized carbons (Fsp3) is 0.727. The summed E-state index contributed by atoms with van der Waals surface area (Å²) in [6.45, 7) is 8.82. The van der Waals surface area contributed by atoms with E-state index in [1.165, 1.54) is 0 Å². The standard InChI is InChI=1S/C11H21N3O/c1-11(2,3)13-9-10-12-5-6-14(10)7-8-15-4/h5-6,13H,7-9H2,1-4H3. The molecule has 1 N–H and O–H groups in total. The van der Waals surface area contributed by atoms with E-state index in [4.69, 9.17) is 4.74 Å². The molecule has 15 heavy (non-hydrogen) atoms. The highest BCUT2D eigenvalue weighted by Crippen LogP contribution is 2.03. The van der Waals surface area contributed by atoms with E-state index < -0.39 is 0 Å². The Bertz CT molecular complexity index is 288. The molecule has 1 aromatic rings. The van der Waals surface area contributed by atoms with Gasteiger partial charge in [-0.25, -0.2) is 4.98 Å². The number of hydrogen-bond acceptors (Lipinski definition) is 3. The molecule has 0 radical (unpaired) electrons. The maximum atomic E-state index is 5.05. The monoisotopic (exact) mass is 211 g/mol. The Labute approximate surface area is 91.7 Å². The highest BCUT2D eigenvalue weighted by Gasteiger charge is 2.10. The van der Waals surface area contributed by atoms with Crippen molar-refractivity contribution in [3.63, 3.8) is 0 Å². The minimum atomic E-state index is 0.123. The molecule has 1 aromatic heterocycles. The van der Waals surface area contributed by atoms with Gasteiger partial charge in [0.1, 0.15) is 5.82 Å². The summed E-state index contributed by atoms with van der Waals surface area (Å²) in [5, 5.41) is 3.42. The van der Waals surface area contributed by atoms with Crippen LogP contribution in [-0.2, 0) is 17.8 Å². The van der Waals surface area contributed by atoms with E-state index in [2.05, 4.69) is 35.6 Å². The Morgan fingerprint density at radius 3 is 2.80 bits per heavy atom. The molecule has 0 saturated heterocycles. The molecule has 0 saturated carbocycles. The van der Waals surface area contributed by atoms with Crippen molar-refractivity contribution in [2.75, 3.05) is 13.7 Å². The van der Waals surface area contributed by atoms with Crippen molar-refractivity contribution >= 4 is 0 Å². The summed E-state index contributed by atoms with van der Waals surface area (Å²) in [5.74, 6) is 1.06. The van der Waals surface area contributed by atoms with Gasteiger partial charge in [0.2, 0.25) is 0 Å². The predicted molar refractivity (Wildman–Crippen MR) is 60.7 cm³/mol. The fourth-order valence-electron chi connectivity index (χ4n) is 1.24. The number of rotatable bonds is 5. The first-order valence-electron chi connectivity index (χ1n) is 5.27. The molecular formula is C11H21N3O. The fourth-order valence-corrected chi connectivity index (χ4v) is 1.24. The van der Waals surface area contributed by atoms with Gasteiger partial charge in [0, 0.05) is 31.6 Å². The normalized spacial score (nSPS) is 12.0. The first kappa shape index (κ1) is 12.2. The molecule has 4 heteroatoms. The number of aromatic nitrogens is 2. The zero-order valence-corrected chi connectivity index (χ0v) is 10.1. The number of nitrogens with one attached hydrogen (secondary N) is 1. The van der Waals surface area contributed by atoms with Crippen LogP contribution in [0.1, 0.15) is 26.6 Å². The van der Waals surface area contributed by atoms with Crippen LogP contribution in [0.25, 0.3) is 0 Å². The lowest BCUT2D eigenvalue weighted by Gasteiger charge is -2.20. The average Bonchev–Trinajstić information content (AvgIpc) is 2.57. The molecule has 0 aliphatic heterocycles. The molecule has 0 amide bonds. The van der Waals surface area contributed by atoms with E-state index in [-0.39, 0.29) is 5.54 Å². The number of methoxy groups -OCH3 is 1. The minimum absolute atomic E-state index is 0.123. The van der Waals surface area contributed by atoms with Gasteiger partial charge in [0.15, 0.2) is 0 Å². The molecular weight excluding hydrogens is 190 g/mol. The van der Waals surface area contributed by atoms with Gasteiger partial charge in [0.05, 0.1) is 13.2 Å². The van der Waals surface area contributed by atoms with E-state index in [1.54, 1.807) is 7.11 Å². The second kappa shape index (κ2) is 5.28. The number of nitrogens with zero attached hydrogens (tertiary/aromatic N) is 2. The van der Waals surface area contributed by atoms with E-state index in [9.17, 15) is 0 Å². The second-order valence-electron chi connectivity index (χ2n) is 4.63. The van der Waals surface area contributed by atoms with Crippen LogP contribution in [0.4, 0.5) is 0 Å². The SMILES string of the molecule is COCCn1ccnc1CNC(C)(C)C. The van der Waals surface area contributed by atoms with Crippen LogP contribution in [0.3, 0.4) is 0 Å². The van der Waals surface area contributed by atoms with Gasteiger partial charge >= 0.3 is 0 Å². The molecule has 0 spiro atoms. The van der Waals surface area contributed by atoms with Crippen LogP contribution in [-0.4, -0.2) is 28.8 Å². The van der Waals surface area contributed by atoms with Crippen LogP contribution < -0.4 is 5.32 Å². The Morgan fingerprint density at radius 2 is 2.20 bits per heavy atom. The van der Waals surface area contributed by atoms with Gasteiger partial charge in [-0.3, -0.25) is 0 Å². The molecule has 86 valence electrons. The summed E-state index contributed by atoms with van der Waals surface area (Å²) in [7, 11) is 1.71. The van der Waals surface area contributed by atoms with Crippen LogP contribution in [0.15, 0.2) is 12.4 Å². The average molecular weight is 211 g/mol. The number of ether oxygens (including phenoxy) is 1. The molecule has 0 unspecified atom stereocenters. The Morgan fingerprint density at radius 1 is 1.47 bits per heavy atom. The summed E-state index contributed by atoms with van der Waals surface area (Å²) in [6, 6.07) is 0. The molecule has 0 aliphatic rings. The van der Waals surface area contributed by atoms with Crippen LogP contribution in [0.5, 0.6) is 0 Å². The summed E-state index contributed by atoms with van der Waals surface area (Å²) >= 11 is 0. The minimum Gasteiger partial charge on any atom is -0.383 e. The molecule has 1 heterocycles. The van der Waals surface area contributed by atoms with E-state index in [0.717, 1.165) is 25.5 Å². The maximum absolute atomic E-state index is 5.05. The van der Waals surface area contributed by atoms with Crippen LogP contribution in [0.2, 0.25) is 0 Å². The smallest absolute Gasteiger partial charge is 0.122 e. The third-order valence-corrected chi connectivity index (χ3v) is 2.11. The summed E-state index contributed by atoms with van der Waals surface area (Å²) in [4.78, 5) is 4.32. The van der Waals surface area contributed by atoms with Crippen molar-refractivity contribution in [1.29, 1.82) is 0 Å². The Kier molecular flexibility index (Phi) is 4.29. The highest BCUT2D eigenvalue weighted by atomic mass is 16.5. The van der Waals surface area contributed by atoms with E-state index in [1.807, 2.05) is 12.4 Å². The topological polar surface area (TPSA) is 39.1 Å². The van der Waals surface area contributed by atoms with Crippen molar-refractivity contribution < 1.29 is 4.74 Å². The summed E-state index contributed by atoms with van der Waals surface area (Å²) in [5.41, 5.74) is 0.123. The Hall–Kier alpha value is -0.870. The Balaban J connectivity index is 2.50. The van der Waals surface area contributed by atoms with Crippen molar-refractivity contribution in [1.82, 2.24) is 14.9 Å². The zero-order chi connectivity index (χ0) is 11.3. The van der Waals surface area contributed by atoms with E-state index >= 15 is 0 Å². The maximum Gasteiger partial charge on any atom is 0.122 e. The first-order chi connectivity index (χ1) is 7.03. The largest absolute Gasteiger partial charge is 0.383 e. The quantitative estimate of drug-likeness (QED) is 0.800. The van der Waals surface area contributed by atoms with Crippen molar-refractivity contribution in [2.45, 2.75) is 39.4 Å². The summed E-state index contributed by atoms with van der Waals surface area (Å²) < 4.78 is 7.16. The first-order valence-corrected chi connectivity index (χ1v) is 5.27. The molecule has 0 atom stereocenters. The van der Waals surface area contributed by atoms with Crippen molar-refractivity contribution in [2.24, 2.45) is 0 Å². The molecule has 0 fully saturated rings. The van der Waals surface area contributed by atoms with E-state index in [0.29, 0.717) is 0 Å². The van der Waals surface area contributed by atoms with Gasteiger partial charge < -0.3 is 14.6 Å². The van der Waals surface area contributed by atoms with Crippen molar-refractivity contribution in [3.05, 3.63) is 18.2 Å². The zero-order valence-electron chi connectivity index (χ0n) is 10.1. The third-order valence-electron chi connectivity index (χ3n) is 2.11. The van der Waals surface area contributed by atoms with Gasteiger partial charge in [0.25, 0.3) is 0 Å². The van der Waals surface area contributed by atoms with Crippen molar-refractivity contribution in [3.8, 4) is 0 Å². The number of hydrogen-bond donors (Lipinski definition) is 1. The van der Waals surface area contributed by atoms with Crippen LogP contribution >= 0.6 is 0 Å². The van der Waals surface area contributed by atoms with Crippen LogP contribution in [0, 0.1) is 0 Å². The molecule has 4 nitrogen and oxygen atoms in total. The van der Waals surface area contributed by atoms with Gasteiger partial charge in [-0.2, -0.15) is 0 Å². The van der Waals surface area contributed by atoms with Gasteiger partial charge in [-0.15, -0.1) is 0 Å². The highest BCUT2D eigenvalue weighted by molar-refractivity contribution is 4.93. The number of imidazole rings is 1. The molecule has 1 rings (SSSR count). The molecule has 0 aromatic carbocycles. The molecule has 0 aliphatic carbocycles. The third kappa shape index (κ3) is 4.44. The lowest BCUT2D eigenvalue weighted by Crippen LogP contribution is -2.36. The lowest BCUT2D eigenvalue weighted by atomic mass is 10.1. The summed E-state index contributed by atoms with van der Waals surface area (Å²) in [6.07, 6.45) is 3.81. The lowest BCUT2D eigenvalue weighted by molar-refractivity contribution is 0.186. The predicted octanol–water partition coefficient (Wildman–Crippen LogP) is 1.42. The van der Waals surface area contributed by atoms with Gasteiger partial charge in [-0.05, 0) is 20.8 Å². The molecule has 0 bridgehead atoms. The second-order valence-corrected chi connectivity index (χ2v) is 4.63. The van der Waals surface area contributed by atoms with Gasteiger partial charge in [-0.1, -0.05) is 0 Å².